The lowest BCUT2D eigenvalue weighted by molar-refractivity contribution is -0.166. The van der Waals surface area contributed by atoms with Crippen molar-refractivity contribution in [1.29, 1.82) is 0 Å². The van der Waals surface area contributed by atoms with E-state index < -0.39 is 0 Å². The smallest absolute Gasteiger partial charge is 0.119 e. The first-order valence-electron chi connectivity index (χ1n) is 7.11. The summed E-state index contributed by atoms with van der Waals surface area (Å²) in [5, 5.41) is 3.78. The molecule has 16 heavy (non-hydrogen) atoms. The van der Waals surface area contributed by atoms with Gasteiger partial charge in [0.05, 0.1) is 6.61 Å². The predicted octanol–water partition coefficient (Wildman–Crippen LogP) is 3.07. The van der Waals surface area contributed by atoms with Crippen LogP contribution in [0, 0.1) is 11.3 Å². The van der Waals surface area contributed by atoms with Gasteiger partial charge in [0.1, 0.15) is 5.72 Å². The van der Waals surface area contributed by atoms with E-state index in [1.54, 1.807) is 0 Å². The Labute approximate surface area is 99.1 Å². The Kier molecular flexibility index (Phi) is 2.75. The predicted molar refractivity (Wildman–Crippen MR) is 65.2 cm³/mol. The summed E-state index contributed by atoms with van der Waals surface area (Å²) in [6.07, 6.45) is 10.8. The Morgan fingerprint density at radius 3 is 2.56 bits per heavy atom. The number of ether oxygens (including phenoxy) is 1. The minimum absolute atomic E-state index is 0.0610. The molecule has 0 aromatic carbocycles. The molecule has 3 aliphatic rings. The Bertz CT molecular complexity index is 247. The highest BCUT2D eigenvalue weighted by atomic mass is 16.5. The van der Waals surface area contributed by atoms with E-state index in [0.29, 0.717) is 5.41 Å². The minimum Gasteiger partial charge on any atom is -0.360 e. The molecule has 1 N–H and O–H groups in total. The van der Waals surface area contributed by atoms with Crippen molar-refractivity contribution in [1.82, 2.24) is 5.32 Å². The highest BCUT2D eigenvalue weighted by molar-refractivity contribution is 4.96. The lowest BCUT2D eigenvalue weighted by Crippen LogP contribution is -2.59. The van der Waals surface area contributed by atoms with Crippen LogP contribution in [0.1, 0.15) is 58.3 Å². The van der Waals surface area contributed by atoms with Crippen molar-refractivity contribution in [3.05, 3.63) is 0 Å². The van der Waals surface area contributed by atoms with Crippen molar-refractivity contribution >= 4 is 0 Å². The molecule has 0 radical (unpaired) electrons. The average molecular weight is 223 g/mol. The van der Waals surface area contributed by atoms with Crippen molar-refractivity contribution in [3.63, 3.8) is 0 Å². The zero-order chi connectivity index (χ0) is 11.1. The van der Waals surface area contributed by atoms with Crippen molar-refractivity contribution in [2.45, 2.75) is 64.0 Å². The quantitative estimate of drug-likeness (QED) is 0.681. The SMILES string of the molecule is CC1CCCC2(C1)NCC1(CCCC1)CO2. The van der Waals surface area contributed by atoms with Gasteiger partial charge in [0.25, 0.3) is 0 Å². The number of hydrogen-bond acceptors (Lipinski definition) is 2. The summed E-state index contributed by atoms with van der Waals surface area (Å²) in [7, 11) is 0. The van der Waals surface area contributed by atoms with Gasteiger partial charge in [-0.15, -0.1) is 0 Å². The topological polar surface area (TPSA) is 21.3 Å². The number of rotatable bonds is 0. The van der Waals surface area contributed by atoms with Gasteiger partial charge in [-0.25, -0.2) is 0 Å². The second-order valence-electron chi connectivity index (χ2n) is 6.55. The summed E-state index contributed by atoms with van der Waals surface area (Å²) in [6, 6.07) is 0. The number of hydrogen-bond donors (Lipinski definition) is 1. The van der Waals surface area contributed by atoms with Gasteiger partial charge in [-0.05, 0) is 38.0 Å². The summed E-state index contributed by atoms with van der Waals surface area (Å²) in [6.45, 7) is 4.60. The van der Waals surface area contributed by atoms with Gasteiger partial charge in [0.2, 0.25) is 0 Å². The van der Waals surface area contributed by atoms with E-state index >= 15 is 0 Å². The van der Waals surface area contributed by atoms with E-state index in [-0.39, 0.29) is 5.72 Å². The van der Waals surface area contributed by atoms with Crippen LogP contribution < -0.4 is 5.32 Å². The molecule has 2 spiro atoms. The van der Waals surface area contributed by atoms with E-state index in [9.17, 15) is 0 Å². The van der Waals surface area contributed by atoms with Gasteiger partial charge in [-0.1, -0.05) is 26.2 Å². The minimum atomic E-state index is 0.0610. The highest BCUT2D eigenvalue weighted by Gasteiger charge is 2.45. The average Bonchev–Trinajstić information content (AvgIpc) is 2.73. The molecule has 0 amide bonds. The molecule has 2 saturated carbocycles. The fourth-order valence-electron chi connectivity index (χ4n) is 3.98. The van der Waals surface area contributed by atoms with Gasteiger partial charge >= 0.3 is 0 Å². The van der Waals surface area contributed by atoms with Crippen LogP contribution in [0.4, 0.5) is 0 Å². The fraction of sp³-hybridized carbons (Fsp3) is 1.00. The van der Waals surface area contributed by atoms with Crippen molar-refractivity contribution in [2.75, 3.05) is 13.2 Å². The van der Waals surface area contributed by atoms with E-state index in [0.717, 1.165) is 12.5 Å². The summed E-state index contributed by atoms with van der Waals surface area (Å²) < 4.78 is 6.30. The van der Waals surface area contributed by atoms with Crippen LogP contribution >= 0.6 is 0 Å². The maximum absolute atomic E-state index is 6.30. The lowest BCUT2D eigenvalue weighted by Gasteiger charge is -2.49. The van der Waals surface area contributed by atoms with Crippen molar-refractivity contribution < 1.29 is 4.74 Å². The molecule has 92 valence electrons. The molecule has 2 unspecified atom stereocenters. The van der Waals surface area contributed by atoms with E-state index in [4.69, 9.17) is 4.74 Å². The molecule has 1 aliphatic heterocycles. The maximum Gasteiger partial charge on any atom is 0.119 e. The fourth-order valence-corrected chi connectivity index (χ4v) is 3.98. The maximum atomic E-state index is 6.30. The second kappa shape index (κ2) is 3.99. The summed E-state index contributed by atoms with van der Waals surface area (Å²) in [4.78, 5) is 0. The van der Waals surface area contributed by atoms with Crippen LogP contribution in [0.2, 0.25) is 0 Å². The first-order valence-corrected chi connectivity index (χ1v) is 7.11. The summed E-state index contributed by atoms with van der Waals surface area (Å²) in [5.74, 6) is 0.832. The van der Waals surface area contributed by atoms with E-state index in [1.165, 1.54) is 57.9 Å². The molecule has 1 saturated heterocycles. The molecule has 0 aromatic rings. The molecular formula is C14H25NO. The van der Waals surface area contributed by atoms with Crippen molar-refractivity contribution in [2.24, 2.45) is 11.3 Å². The first kappa shape index (κ1) is 11.0. The Balaban J connectivity index is 1.64. The van der Waals surface area contributed by atoms with Crippen LogP contribution in [0.15, 0.2) is 0 Å². The van der Waals surface area contributed by atoms with E-state index in [1.807, 2.05) is 0 Å². The van der Waals surface area contributed by atoms with Crippen LogP contribution in [-0.2, 0) is 4.74 Å². The Hall–Kier alpha value is -0.0800. The highest BCUT2D eigenvalue weighted by Crippen LogP contribution is 2.44. The van der Waals surface area contributed by atoms with Gasteiger partial charge in [-0.3, -0.25) is 5.32 Å². The number of nitrogens with one attached hydrogen (secondary N) is 1. The molecule has 2 heteroatoms. The largest absolute Gasteiger partial charge is 0.360 e. The van der Waals surface area contributed by atoms with Gasteiger partial charge in [0, 0.05) is 12.0 Å². The van der Waals surface area contributed by atoms with Crippen LogP contribution in [-0.4, -0.2) is 18.9 Å². The van der Waals surface area contributed by atoms with Crippen molar-refractivity contribution in [3.8, 4) is 0 Å². The third-order valence-corrected chi connectivity index (χ3v) is 5.06. The Morgan fingerprint density at radius 1 is 1.12 bits per heavy atom. The van der Waals surface area contributed by atoms with Crippen LogP contribution in [0.5, 0.6) is 0 Å². The molecule has 0 bridgehead atoms. The molecule has 2 aliphatic carbocycles. The normalized spacial score (nSPS) is 42.9. The second-order valence-corrected chi connectivity index (χ2v) is 6.55. The van der Waals surface area contributed by atoms with Gasteiger partial charge < -0.3 is 4.74 Å². The first-order chi connectivity index (χ1) is 7.72. The van der Waals surface area contributed by atoms with Gasteiger partial charge in [0.15, 0.2) is 0 Å². The lowest BCUT2D eigenvalue weighted by atomic mass is 9.79. The zero-order valence-corrected chi connectivity index (χ0v) is 10.6. The Morgan fingerprint density at radius 2 is 1.94 bits per heavy atom. The standard InChI is InChI=1S/C14H25NO/c1-12-5-4-8-14(9-12)15-10-13(11-16-14)6-2-3-7-13/h12,15H,2-11H2,1H3. The molecule has 2 nitrogen and oxygen atoms in total. The molecule has 1 heterocycles. The summed E-state index contributed by atoms with van der Waals surface area (Å²) >= 11 is 0. The molecule has 0 aromatic heterocycles. The molecule has 2 atom stereocenters. The van der Waals surface area contributed by atoms with Crippen LogP contribution in [0.3, 0.4) is 0 Å². The summed E-state index contributed by atoms with van der Waals surface area (Å²) in [5.41, 5.74) is 0.567. The molecular weight excluding hydrogens is 198 g/mol. The third-order valence-electron chi connectivity index (χ3n) is 5.06. The molecule has 3 rings (SSSR count). The monoisotopic (exact) mass is 223 g/mol. The third kappa shape index (κ3) is 1.91. The zero-order valence-electron chi connectivity index (χ0n) is 10.6. The molecule has 3 fully saturated rings. The van der Waals surface area contributed by atoms with Gasteiger partial charge in [-0.2, -0.15) is 0 Å². The van der Waals surface area contributed by atoms with E-state index in [2.05, 4.69) is 12.2 Å². The van der Waals surface area contributed by atoms with Crippen LogP contribution in [0.25, 0.3) is 0 Å².